The largest absolute Gasteiger partial charge is 0.493 e. The van der Waals surface area contributed by atoms with Crippen molar-refractivity contribution in [2.75, 3.05) is 13.2 Å². The van der Waals surface area contributed by atoms with Crippen LogP contribution in [0.1, 0.15) is 36.7 Å². The van der Waals surface area contributed by atoms with Crippen molar-refractivity contribution in [2.45, 2.75) is 26.4 Å². The fraction of sp³-hybridized carbons (Fsp3) is 0.444. The SMILES string of the molecule is CC(C)COc1cccc(C(=O)NCC(C)(O)c2cnn(C)c2)c1. The maximum absolute atomic E-state index is 12.3. The summed E-state index contributed by atoms with van der Waals surface area (Å²) >= 11 is 0. The molecule has 6 nitrogen and oxygen atoms in total. The number of aryl methyl sites for hydroxylation is 1. The van der Waals surface area contributed by atoms with Crippen LogP contribution in [0, 0.1) is 5.92 Å². The highest BCUT2D eigenvalue weighted by Gasteiger charge is 2.25. The van der Waals surface area contributed by atoms with E-state index in [0.29, 0.717) is 29.4 Å². The number of nitrogens with zero attached hydrogens (tertiary/aromatic N) is 2. The Hall–Kier alpha value is -2.34. The first-order valence-electron chi connectivity index (χ1n) is 8.00. The molecule has 6 heteroatoms. The van der Waals surface area contributed by atoms with Crippen LogP contribution in [0.2, 0.25) is 0 Å². The molecule has 0 saturated carbocycles. The Kier molecular flexibility index (Phi) is 5.62. The first-order valence-corrected chi connectivity index (χ1v) is 8.00. The molecule has 2 aromatic rings. The van der Waals surface area contributed by atoms with Crippen molar-refractivity contribution >= 4 is 5.91 Å². The van der Waals surface area contributed by atoms with Crippen LogP contribution in [0.5, 0.6) is 5.75 Å². The molecule has 1 aromatic heterocycles. The summed E-state index contributed by atoms with van der Waals surface area (Å²) in [5.41, 5.74) is -0.0343. The van der Waals surface area contributed by atoms with Gasteiger partial charge in [0.05, 0.1) is 19.3 Å². The van der Waals surface area contributed by atoms with Gasteiger partial charge < -0.3 is 15.2 Å². The zero-order chi connectivity index (χ0) is 17.7. The number of benzene rings is 1. The van der Waals surface area contributed by atoms with Crippen LogP contribution in [0.3, 0.4) is 0 Å². The average Bonchev–Trinajstić information content (AvgIpc) is 2.98. The molecule has 0 aliphatic heterocycles. The van der Waals surface area contributed by atoms with Crippen molar-refractivity contribution < 1.29 is 14.6 Å². The Bertz CT molecular complexity index is 692. The van der Waals surface area contributed by atoms with Crippen molar-refractivity contribution in [1.82, 2.24) is 15.1 Å². The summed E-state index contributed by atoms with van der Waals surface area (Å²) in [6, 6.07) is 7.03. The fourth-order valence-electron chi connectivity index (χ4n) is 2.15. The summed E-state index contributed by atoms with van der Waals surface area (Å²) in [4.78, 5) is 12.3. The minimum absolute atomic E-state index is 0.0919. The van der Waals surface area contributed by atoms with Crippen LogP contribution in [0.4, 0.5) is 0 Å². The zero-order valence-corrected chi connectivity index (χ0v) is 14.6. The summed E-state index contributed by atoms with van der Waals surface area (Å²) in [7, 11) is 1.78. The lowest BCUT2D eigenvalue weighted by atomic mass is 9.99. The molecule has 0 radical (unpaired) electrons. The van der Waals surface area contributed by atoms with Crippen LogP contribution in [-0.2, 0) is 12.6 Å². The van der Waals surface area contributed by atoms with E-state index < -0.39 is 5.60 Å². The predicted molar refractivity (Wildman–Crippen MR) is 91.9 cm³/mol. The molecule has 1 amide bonds. The molecule has 0 aliphatic rings. The van der Waals surface area contributed by atoms with Crippen molar-refractivity contribution in [3.63, 3.8) is 0 Å². The molecule has 2 N–H and O–H groups in total. The third kappa shape index (κ3) is 4.83. The van der Waals surface area contributed by atoms with E-state index in [1.807, 2.05) is 6.07 Å². The first kappa shape index (κ1) is 18.0. The maximum atomic E-state index is 12.3. The molecule has 1 aromatic carbocycles. The number of ether oxygens (including phenoxy) is 1. The van der Waals surface area contributed by atoms with E-state index >= 15 is 0 Å². The van der Waals surface area contributed by atoms with E-state index in [9.17, 15) is 9.90 Å². The molecule has 1 atom stereocenters. The minimum atomic E-state index is -1.18. The second-order valence-electron chi connectivity index (χ2n) is 6.59. The monoisotopic (exact) mass is 331 g/mol. The standard InChI is InChI=1S/C18H25N3O3/c1-13(2)11-24-16-7-5-6-14(8-16)17(22)19-12-18(3,23)15-9-20-21(4)10-15/h5-10,13,23H,11-12H2,1-4H3,(H,19,22). The van der Waals surface area contributed by atoms with Crippen molar-refractivity contribution in [1.29, 1.82) is 0 Å². The summed E-state index contributed by atoms with van der Waals surface area (Å²) < 4.78 is 7.25. The smallest absolute Gasteiger partial charge is 0.251 e. The number of nitrogens with one attached hydrogen (secondary N) is 1. The van der Waals surface area contributed by atoms with E-state index in [4.69, 9.17) is 4.74 Å². The molecule has 1 unspecified atom stereocenters. The zero-order valence-electron chi connectivity index (χ0n) is 14.6. The fourth-order valence-corrected chi connectivity index (χ4v) is 2.15. The molecule has 2 rings (SSSR count). The van der Waals surface area contributed by atoms with Gasteiger partial charge in [-0.05, 0) is 31.0 Å². The Morgan fingerprint density at radius 1 is 1.46 bits per heavy atom. The highest BCUT2D eigenvalue weighted by atomic mass is 16.5. The van der Waals surface area contributed by atoms with Gasteiger partial charge in [0.1, 0.15) is 11.4 Å². The van der Waals surface area contributed by atoms with Crippen molar-refractivity contribution in [3.05, 3.63) is 47.8 Å². The highest BCUT2D eigenvalue weighted by molar-refractivity contribution is 5.94. The van der Waals surface area contributed by atoms with Gasteiger partial charge in [0.25, 0.3) is 5.91 Å². The van der Waals surface area contributed by atoms with Gasteiger partial charge in [0.2, 0.25) is 0 Å². The van der Waals surface area contributed by atoms with E-state index in [-0.39, 0.29) is 12.5 Å². The summed E-state index contributed by atoms with van der Waals surface area (Å²) in [6.45, 7) is 6.47. The molecule has 0 bridgehead atoms. The van der Waals surface area contributed by atoms with Gasteiger partial charge in [0.15, 0.2) is 0 Å². The number of hydrogen-bond acceptors (Lipinski definition) is 4. The third-order valence-corrected chi connectivity index (χ3v) is 3.60. The summed E-state index contributed by atoms with van der Waals surface area (Å²) in [5, 5.41) is 17.3. The molecule has 1 heterocycles. The summed E-state index contributed by atoms with van der Waals surface area (Å²) in [5.74, 6) is 0.821. The minimum Gasteiger partial charge on any atom is -0.493 e. The Labute approximate surface area is 142 Å². The van der Waals surface area contributed by atoms with Crippen LogP contribution >= 0.6 is 0 Å². The summed E-state index contributed by atoms with van der Waals surface area (Å²) in [6.07, 6.45) is 3.32. The van der Waals surface area contributed by atoms with Crippen LogP contribution in [0.15, 0.2) is 36.7 Å². The van der Waals surface area contributed by atoms with E-state index in [1.165, 1.54) is 0 Å². The van der Waals surface area contributed by atoms with E-state index in [0.717, 1.165) is 0 Å². The van der Waals surface area contributed by atoms with Crippen LogP contribution < -0.4 is 10.1 Å². The lowest BCUT2D eigenvalue weighted by molar-refractivity contribution is 0.0526. The molecule has 24 heavy (non-hydrogen) atoms. The first-order chi connectivity index (χ1) is 11.3. The maximum Gasteiger partial charge on any atom is 0.251 e. The van der Waals surface area contributed by atoms with E-state index in [2.05, 4.69) is 24.3 Å². The molecular formula is C18H25N3O3. The number of amides is 1. The lowest BCUT2D eigenvalue weighted by Crippen LogP contribution is -2.38. The van der Waals surface area contributed by atoms with Gasteiger partial charge in [0, 0.05) is 24.4 Å². The number of aliphatic hydroxyl groups is 1. The highest BCUT2D eigenvalue weighted by Crippen LogP contribution is 2.19. The molecule has 0 saturated heterocycles. The number of carbonyl (C=O) groups excluding carboxylic acids is 1. The second kappa shape index (κ2) is 7.49. The van der Waals surface area contributed by atoms with Gasteiger partial charge in [-0.2, -0.15) is 5.10 Å². The van der Waals surface area contributed by atoms with Crippen molar-refractivity contribution in [2.24, 2.45) is 13.0 Å². The molecule has 130 valence electrons. The second-order valence-corrected chi connectivity index (χ2v) is 6.59. The van der Waals surface area contributed by atoms with Crippen molar-refractivity contribution in [3.8, 4) is 5.75 Å². The lowest BCUT2D eigenvalue weighted by Gasteiger charge is -2.22. The Balaban J connectivity index is 1.98. The molecule has 0 aliphatic carbocycles. The van der Waals surface area contributed by atoms with Gasteiger partial charge in [-0.15, -0.1) is 0 Å². The van der Waals surface area contributed by atoms with Crippen LogP contribution in [0.25, 0.3) is 0 Å². The normalized spacial score (nSPS) is 13.6. The molecule has 0 spiro atoms. The van der Waals surface area contributed by atoms with Gasteiger partial charge in [-0.25, -0.2) is 0 Å². The van der Waals surface area contributed by atoms with Crippen LogP contribution in [-0.4, -0.2) is 33.9 Å². The number of carbonyl (C=O) groups is 1. The topological polar surface area (TPSA) is 76.4 Å². The predicted octanol–water partition coefficient (Wildman–Crippen LogP) is 2.09. The number of hydrogen-bond donors (Lipinski definition) is 2. The number of rotatable bonds is 7. The quantitative estimate of drug-likeness (QED) is 0.814. The average molecular weight is 331 g/mol. The molecule has 0 fully saturated rings. The molecular weight excluding hydrogens is 306 g/mol. The third-order valence-electron chi connectivity index (χ3n) is 3.60. The van der Waals surface area contributed by atoms with Gasteiger partial charge in [-0.3, -0.25) is 9.48 Å². The van der Waals surface area contributed by atoms with Gasteiger partial charge in [-0.1, -0.05) is 19.9 Å². The Morgan fingerprint density at radius 2 is 2.21 bits per heavy atom. The van der Waals surface area contributed by atoms with E-state index in [1.54, 1.807) is 49.2 Å². The van der Waals surface area contributed by atoms with Gasteiger partial charge >= 0.3 is 0 Å². The number of aromatic nitrogens is 2. The Morgan fingerprint density at radius 3 is 2.83 bits per heavy atom.